The SMILES string of the molecule is CC(C)C=C[SiH2]CCCCl. The molecule has 0 unspecified atom stereocenters. The molecule has 0 saturated heterocycles. The largest absolute Gasteiger partial charge is 0.127 e. The summed E-state index contributed by atoms with van der Waals surface area (Å²) in [6.45, 7) is 4.43. The summed E-state index contributed by atoms with van der Waals surface area (Å²) in [6, 6.07) is 1.37. The van der Waals surface area contributed by atoms with Crippen molar-refractivity contribution >= 4 is 21.1 Å². The lowest BCUT2D eigenvalue weighted by atomic mass is 10.2. The Kier molecular flexibility index (Phi) is 7.54. The van der Waals surface area contributed by atoms with Crippen LogP contribution in [0.1, 0.15) is 20.3 Å². The molecular formula is C8H17ClSi. The van der Waals surface area contributed by atoms with Crippen molar-refractivity contribution in [1.29, 1.82) is 0 Å². The summed E-state index contributed by atoms with van der Waals surface area (Å²) in [7, 11) is 0.0925. The highest BCUT2D eigenvalue weighted by Gasteiger charge is 1.85. The highest BCUT2D eigenvalue weighted by atomic mass is 35.5. The second-order valence-electron chi connectivity index (χ2n) is 2.86. The zero-order valence-electron chi connectivity index (χ0n) is 6.94. The van der Waals surface area contributed by atoms with E-state index in [2.05, 4.69) is 25.6 Å². The van der Waals surface area contributed by atoms with E-state index in [4.69, 9.17) is 11.6 Å². The summed E-state index contributed by atoms with van der Waals surface area (Å²) in [5.74, 6) is 1.56. The van der Waals surface area contributed by atoms with E-state index in [-0.39, 0.29) is 9.52 Å². The average molecular weight is 177 g/mol. The fourth-order valence-corrected chi connectivity index (χ4v) is 2.74. The fourth-order valence-electron chi connectivity index (χ4n) is 0.725. The van der Waals surface area contributed by atoms with Gasteiger partial charge in [0.1, 0.15) is 0 Å². The Hall–Kier alpha value is 0.247. The number of hydrogen-bond acceptors (Lipinski definition) is 0. The molecule has 0 spiro atoms. The van der Waals surface area contributed by atoms with E-state index < -0.39 is 0 Å². The third-order valence-corrected chi connectivity index (χ3v) is 3.06. The van der Waals surface area contributed by atoms with Gasteiger partial charge >= 0.3 is 0 Å². The van der Waals surface area contributed by atoms with Crippen molar-refractivity contribution in [2.45, 2.75) is 26.3 Å². The Morgan fingerprint density at radius 3 is 2.70 bits per heavy atom. The Labute approximate surface area is 71.5 Å². The standard InChI is InChI=1S/C8H17ClSi/c1-8(2)4-7-10-6-3-5-9/h4,7-8H,3,5-6,10H2,1-2H3. The predicted octanol–water partition coefficient (Wildman–Crippen LogP) is 2.37. The zero-order chi connectivity index (χ0) is 7.82. The molecule has 0 aliphatic carbocycles. The Morgan fingerprint density at radius 1 is 1.50 bits per heavy atom. The normalized spacial score (nSPS) is 12.8. The van der Waals surface area contributed by atoms with Crippen molar-refractivity contribution in [2.24, 2.45) is 5.92 Å². The minimum absolute atomic E-state index is 0.0925. The van der Waals surface area contributed by atoms with Crippen molar-refractivity contribution in [3.63, 3.8) is 0 Å². The number of halogens is 1. The first kappa shape index (κ1) is 10.2. The van der Waals surface area contributed by atoms with Crippen LogP contribution in [0.5, 0.6) is 0 Å². The Morgan fingerprint density at radius 2 is 2.20 bits per heavy atom. The van der Waals surface area contributed by atoms with Gasteiger partial charge in [-0.15, -0.1) is 17.3 Å². The van der Waals surface area contributed by atoms with Gasteiger partial charge in [0.25, 0.3) is 0 Å². The molecule has 10 heavy (non-hydrogen) atoms. The summed E-state index contributed by atoms with van der Waals surface area (Å²) in [5, 5.41) is 0. The maximum atomic E-state index is 5.54. The lowest BCUT2D eigenvalue weighted by Crippen LogP contribution is -1.86. The molecule has 0 amide bonds. The first-order valence-electron chi connectivity index (χ1n) is 4.00. The first-order valence-corrected chi connectivity index (χ1v) is 6.35. The number of hydrogen-bond donors (Lipinski definition) is 0. The van der Waals surface area contributed by atoms with Gasteiger partial charge in [0.15, 0.2) is 0 Å². The molecule has 0 aromatic carbocycles. The van der Waals surface area contributed by atoms with E-state index in [0.29, 0.717) is 0 Å². The molecule has 0 bridgehead atoms. The van der Waals surface area contributed by atoms with E-state index in [1.807, 2.05) is 0 Å². The van der Waals surface area contributed by atoms with Gasteiger partial charge in [-0.05, 0) is 12.3 Å². The molecule has 0 aromatic heterocycles. The van der Waals surface area contributed by atoms with Crippen LogP contribution in [-0.4, -0.2) is 15.4 Å². The third-order valence-electron chi connectivity index (χ3n) is 1.28. The van der Waals surface area contributed by atoms with Crippen molar-refractivity contribution < 1.29 is 0 Å². The van der Waals surface area contributed by atoms with Gasteiger partial charge in [0.2, 0.25) is 0 Å². The van der Waals surface area contributed by atoms with E-state index >= 15 is 0 Å². The number of alkyl halides is 1. The summed E-state index contributed by atoms with van der Waals surface area (Å²) < 4.78 is 0. The van der Waals surface area contributed by atoms with Gasteiger partial charge < -0.3 is 0 Å². The summed E-state index contributed by atoms with van der Waals surface area (Å²) in [5.41, 5.74) is 2.39. The topological polar surface area (TPSA) is 0 Å². The summed E-state index contributed by atoms with van der Waals surface area (Å²) in [4.78, 5) is 0. The van der Waals surface area contributed by atoms with Gasteiger partial charge in [-0.1, -0.05) is 26.0 Å². The van der Waals surface area contributed by atoms with Crippen molar-refractivity contribution in [2.75, 3.05) is 5.88 Å². The van der Waals surface area contributed by atoms with Gasteiger partial charge in [-0.2, -0.15) is 0 Å². The fraction of sp³-hybridized carbons (Fsp3) is 0.750. The number of rotatable bonds is 5. The molecule has 0 nitrogen and oxygen atoms in total. The molecule has 0 heterocycles. The smallest absolute Gasteiger partial charge is 0.0450 e. The Balaban J connectivity index is 3.02. The van der Waals surface area contributed by atoms with Crippen LogP contribution >= 0.6 is 11.6 Å². The lowest BCUT2D eigenvalue weighted by molar-refractivity contribution is 0.833. The maximum Gasteiger partial charge on any atom is 0.0450 e. The molecule has 0 aliphatic rings. The van der Waals surface area contributed by atoms with Crippen LogP contribution < -0.4 is 0 Å². The van der Waals surface area contributed by atoms with E-state index in [1.54, 1.807) is 0 Å². The summed E-state index contributed by atoms with van der Waals surface area (Å²) >= 11 is 5.54. The maximum absolute atomic E-state index is 5.54. The van der Waals surface area contributed by atoms with Crippen LogP contribution in [0, 0.1) is 5.92 Å². The molecule has 0 saturated carbocycles. The second-order valence-corrected chi connectivity index (χ2v) is 4.99. The molecule has 2 heteroatoms. The van der Waals surface area contributed by atoms with E-state index in [0.717, 1.165) is 11.8 Å². The van der Waals surface area contributed by atoms with Crippen LogP contribution in [0.3, 0.4) is 0 Å². The highest BCUT2D eigenvalue weighted by Crippen LogP contribution is 1.95. The molecule has 0 N–H and O–H groups in total. The third kappa shape index (κ3) is 8.25. The van der Waals surface area contributed by atoms with Crippen LogP contribution in [0.2, 0.25) is 6.04 Å². The monoisotopic (exact) mass is 176 g/mol. The zero-order valence-corrected chi connectivity index (χ0v) is 9.11. The molecular weight excluding hydrogens is 160 g/mol. The molecule has 0 fully saturated rings. The quantitative estimate of drug-likeness (QED) is 0.343. The molecule has 60 valence electrons. The van der Waals surface area contributed by atoms with Gasteiger partial charge in [0.05, 0.1) is 0 Å². The molecule has 0 aromatic rings. The van der Waals surface area contributed by atoms with Crippen LogP contribution in [0.25, 0.3) is 0 Å². The minimum atomic E-state index is 0.0925. The molecule has 0 radical (unpaired) electrons. The van der Waals surface area contributed by atoms with Gasteiger partial charge in [0, 0.05) is 15.4 Å². The molecule has 0 aliphatic heterocycles. The van der Waals surface area contributed by atoms with Crippen LogP contribution in [-0.2, 0) is 0 Å². The van der Waals surface area contributed by atoms with Gasteiger partial charge in [-0.3, -0.25) is 0 Å². The number of allylic oxidation sites excluding steroid dienone is 1. The first-order chi connectivity index (χ1) is 4.77. The van der Waals surface area contributed by atoms with Crippen LogP contribution in [0.4, 0.5) is 0 Å². The second kappa shape index (κ2) is 7.36. The lowest BCUT2D eigenvalue weighted by Gasteiger charge is -1.93. The predicted molar refractivity (Wildman–Crippen MR) is 52.7 cm³/mol. The van der Waals surface area contributed by atoms with Crippen molar-refractivity contribution in [3.8, 4) is 0 Å². The van der Waals surface area contributed by atoms with E-state index in [9.17, 15) is 0 Å². The van der Waals surface area contributed by atoms with Gasteiger partial charge in [-0.25, -0.2) is 0 Å². The van der Waals surface area contributed by atoms with Crippen molar-refractivity contribution in [3.05, 3.63) is 11.8 Å². The highest BCUT2D eigenvalue weighted by molar-refractivity contribution is 6.42. The molecule has 0 atom stereocenters. The Bertz CT molecular complexity index is 89.3. The molecule has 0 rings (SSSR count). The van der Waals surface area contributed by atoms with E-state index in [1.165, 1.54) is 12.5 Å². The average Bonchev–Trinajstić information content (AvgIpc) is 1.87. The summed E-state index contributed by atoms with van der Waals surface area (Å²) in [6.07, 6.45) is 3.51. The van der Waals surface area contributed by atoms with Crippen molar-refractivity contribution in [1.82, 2.24) is 0 Å². The minimum Gasteiger partial charge on any atom is -0.127 e. The van der Waals surface area contributed by atoms with Crippen LogP contribution in [0.15, 0.2) is 11.8 Å².